The van der Waals surface area contributed by atoms with Gasteiger partial charge in [-0.15, -0.1) is 0 Å². The van der Waals surface area contributed by atoms with Crippen LogP contribution in [0.2, 0.25) is 0 Å². The maximum atomic E-state index is 11.5. The van der Waals surface area contributed by atoms with Crippen LogP contribution in [0.4, 0.5) is 0 Å². The van der Waals surface area contributed by atoms with Crippen molar-refractivity contribution in [3.8, 4) is 0 Å². The first-order valence-electron chi connectivity index (χ1n) is 6.30. The lowest BCUT2D eigenvalue weighted by Crippen LogP contribution is -2.12. The summed E-state index contributed by atoms with van der Waals surface area (Å²) in [5, 5.41) is 8.91. The molecule has 0 aliphatic heterocycles. The van der Waals surface area contributed by atoms with Crippen LogP contribution >= 0.6 is 0 Å². The minimum absolute atomic E-state index is 0.0257. The summed E-state index contributed by atoms with van der Waals surface area (Å²) in [5.74, 6) is -1.03. The van der Waals surface area contributed by atoms with Crippen LogP contribution in [0.3, 0.4) is 0 Å². The molecule has 0 fully saturated rings. The molecule has 0 saturated heterocycles. The summed E-state index contributed by atoms with van der Waals surface area (Å²) < 4.78 is 0. The number of carboxylic acids is 1. The number of carbonyl (C=O) groups excluding carboxylic acids is 1. The number of carboxylic acid groups (broad SMARTS) is 1. The highest BCUT2D eigenvalue weighted by molar-refractivity contribution is 5.80. The number of benzene rings is 1. The zero-order valence-corrected chi connectivity index (χ0v) is 11.1. The Bertz CT molecular complexity index is 420. The van der Waals surface area contributed by atoms with Crippen LogP contribution in [0.15, 0.2) is 24.3 Å². The number of hydrogen-bond donors (Lipinski definition) is 1. The van der Waals surface area contributed by atoms with Crippen LogP contribution in [-0.2, 0) is 16.0 Å². The van der Waals surface area contributed by atoms with Gasteiger partial charge in [0.1, 0.15) is 5.78 Å². The van der Waals surface area contributed by atoms with Gasteiger partial charge in [0.2, 0.25) is 0 Å². The molecule has 0 heterocycles. The molecule has 0 bridgehead atoms. The summed E-state index contributed by atoms with van der Waals surface area (Å²) in [6.45, 7) is 5.47. The van der Waals surface area contributed by atoms with Gasteiger partial charge >= 0.3 is 5.97 Å². The third-order valence-corrected chi connectivity index (χ3v) is 3.29. The number of carbonyl (C=O) groups is 2. The van der Waals surface area contributed by atoms with Gasteiger partial charge in [0, 0.05) is 12.3 Å². The van der Waals surface area contributed by atoms with Crippen LogP contribution in [0.1, 0.15) is 44.2 Å². The van der Waals surface area contributed by atoms with Gasteiger partial charge in [-0.2, -0.15) is 0 Å². The molecule has 18 heavy (non-hydrogen) atoms. The van der Waals surface area contributed by atoms with E-state index in [0.29, 0.717) is 12.8 Å². The van der Waals surface area contributed by atoms with Crippen LogP contribution in [0.25, 0.3) is 0 Å². The van der Waals surface area contributed by atoms with Crippen molar-refractivity contribution in [2.24, 2.45) is 5.92 Å². The Morgan fingerprint density at radius 1 is 1.17 bits per heavy atom. The largest absolute Gasteiger partial charge is 0.481 e. The number of ketones is 1. The Kier molecular flexibility index (Phi) is 5.08. The van der Waals surface area contributed by atoms with Crippen molar-refractivity contribution >= 4 is 11.8 Å². The number of hydrogen-bond acceptors (Lipinski definition) is 2. The van der Waals surface area contributed by atoms with E-state index >= 15 is 0 Å². The van der Waals surface area contributed by atoms with Crippen LogP contribution in [0.5, 0.6) is 0 Å². The number of Topliss-reactive ketones (excluding diaryl/α,β-unsaturated/α-hetero) is 1. The molecule has 3 heteroatoms. The Hall–Kier alpha value is -1.64. The van der Waals surface area contributed by atoms with Crippen molar-refractivity contribution in [2.75, 3.05) is 0 Å². The molecule has 0 amide bonds. The van der Waals surface area contributed by atoms with Gasteiger partial charge < -0.3 is 5.11 Å². The third-order valence-electron chi connectivity index (χ3n) is 3.29. The van der Waals surface area contributed by atoms with Crippen molar-refractivity contribution in [1.82, 2.24) is 0 Å². The van der Waals surface area contributed by atoms with Crippen LogP contribution in [-0.4, -0.2) is 16.9 Å². The monoisotopic (exact) mass is 248 g/mol. The molecule has 0 spiro atoms. The predicted octanol–water partition coefficient (Wildman–Crippen LogP) is 3.03. The van der Waals surface area contributed by atoms with E-state index in [9.17, 15) is 9.59 Å². The molecular formula is C15H20O3. The summed E-state index contributed by atoms with van der Waals surface area (Å²) in [5.41, 5.74) is 1.87. The molecular weight excluding hydrogens is 228 g/mol. The first-order chi connectivity index (χ1) is 8.45. The van der Waals surface area contributed by atoms with Gasteiger partial charge in [0.05, 0.1) is 5.92 Å². The Balaban J connectivity index is 2.71. The average Bonchev–Trinajstić information content (AvgIpc) is 2.37. The standard InChI is InChI=1S/C15H20O3/c1-4-14(16)10(2)9-12-5-7-13(8-6-12)11(3)15(17)18/h5-8,10-11H,4,9H2,1-3H3,(H,17,18). The van der Waals surface area contributed by atoms with Crippen molar-refractivity contribution in [3.63, 3.8) is 0 Å². The molecule has 0 aromatic heterocycles. The van der Waals surface area contributed by atoms with Gasteiger partial charge in [-0.1, -0.05) is 38.1 Å². The second-order valence-corrected chi connectivity index (χ2v) is 4.73. The fourth-order valence-corrected chi connectivity index (χ4v) is 1.90. The number of rotatable bonds is 6. The molecule has 2 atom stereocenters. The van der Waals surface area contributed by atoms with Gasteiger partial charge in [-0.05, 0) is 24.5 Å². The smallest absolute Gasteiger partial charge is 0.310 e. The molecule has 0 aliphatic carbocycles. The van der Waals surface area contributed by atoms with E-state index in [0.717, 1.165) is 11.1 Å². The fourth-order valence-electron chi connectivity index (χ4n) is 1.90. The zero-order valence-electron chi connectivity index (χ0n) is 11.1. The molecule has 0 radical (unpaired) electrons. The lowest BCUT2D eigenvalue weighted by Gasteiger charge is -2.11. The predicted molar refractivity (Wildman–Crippen MR) is 70.7 cm³/mol. The third kappa shape index (κ3) is 3.69. The van der Waals surface area contributed by atoms with Crippen LogP contribution in [0, 0.1) is 5.92 Å². The highest BCUT2D eigenvalue weighted by atomic mass is 16.4. The Morgan fingerprint density at radius 2 is 1.72 bits per heavy atom. The lowest BCUT2D eigenvalue weighted by atomic mass is 9.93. The van der Waals surface area contributed by atoms with E-state index in [-0.39, 0.29) is 11.7 Å². The van der Waals surface area contributed by atoms with Gasteiger partial charge in [0.25, 0.3) is 0 Å². The van der Waals surface area contributed by atoms with Gasteiger partial charge in [0.15, 0.2) is 0 Å². The second-order valence-electron chi connectivity index (χ2n) is 4.73. The van der Waals surface area contributed by atoms with E-state index < -0.39 is 11.9 Å². The second kappa shape index (κ2) is 6.34. The normalized spacial score (nSPS) is 13.9. The molecule has 0 saturated carbocycles. The zero-order chi connectivity index (χ0) is 13.7. The molecule has 1 aromatic carbocycles. The maximum absolute atomic E-state index is 11.5. The van der Waals surface area contributed by atoms with Gasteiger partial charge in [-0.3, -0.25) is 9.59 Å². The highest BCUT2D eigenvalue weighted by Gasteiger charge is 2.14. The molecule has 1 aromatic rings. The van der Waals surface area contributed by atoms with E-state index in [1.807, 2.05) is 38.1 Å². The van der Waals surface area contributed by atoms with E-state index in [1.54, 1.807) is 6.92 Å². The Labute approximate surface area is 108 Å². The number of aliphatic carboxylic acids is 1. The van der Waals surface area contributed by atoms with Crippen molar-refractivity contribution in [1.29, 1.82) is 0 Å². The lowest BCUT2D eigenvalue weighted by molar-refractivity contribution is -0.138. The summed E-state index contributed by atoms with van der Waals surface area (Å²) >= 11 is 0. The van der Waals surface area contributed by atoms with Crippen molar-refractivity contribution in [2.45, 2.75) is 39.5 Å². The molecule has 0 aliphatic rings. The molecule has 2 unspecified atom stereocenters. The summed E-state index contributed by atoms with van der Waals surface area (Å²) in [4.78, 5) is 22.3. The topological polar surface area (TPSA) is 54.4 Å². The quantitative estimate of drug-likeness (QED) is 0.841. The SMILES string of the molecule is CCC(=O)C(C)Cc1ccc(C(C)C(=O)O)cc1. The highest BCUT2D eigenvalue weighted by Crippen LogP contribution is 2.18. The van der Waals surface area contributed by atoms with Gasteiger partial charge in [-0.25, -0.2) is 0 Å². The van der Waals surface area contributed by atoms with E-state index in [2.05, 4.69) is 0 Å². The van der Waals surface area contributed by atoms with Crippen molar-refractivity contribution < 1.29 is 14.7 Å². The maximum Gasteiger partial charge on any atom is 0.310 e. The molecule has 3 nitrogen and oxygen atoms in total. The first kappa shape index (κ1) is 14.4. The first-order valence-corrected chi connectivity index (χ1v) is 6.30. The van der Waals surface area contributed by atoms with E-state index in [4.69, 9.17) is 5.11 Å². The molecule has 1 N–H and O–H groups in total. The van der Waals surface area contributed by atoms with Crippen LogP contribution < -0.4 is 0 Å². The minimum atomic E-state index is -0.822. The summed E-state index contributed by atoms with van der Waals surface area (Å²) in [7, 11) is 0. The van der Waals surface area contributed by atoms with Crippen molar-refractivity contribution in [3.05, 3.63) is 35.4 Å². The Morgan fingerprint density at radius 3 is 2.17 bits per heavy atom. The summed E-state index contributed by atoms with van der Waals surface area (Å²) in [6, 6.07) is 7.48. The average molecular weight is 248 g/mol. The summed E-state index contributed by atoms with van der Waals surface area (Å²) in [6.07, 6.45) is 1.28. The fraction of sp³-hybridized carbons (Fsp3) is 0.467. The minimum Gasteiger partial charge on any atom is -0.481 e. The molecule has 1 rings (SSSR count). The van der Waals surface area contributed by atoms with E-state index in [1.165, 1.54) is 0 Å². The molecule has 98 valence electrons.